The Kier molecular flexibility index (Phi) is 5.66. The van der Waals surface area contributed by atoms with Gasteiger partial charge in [-0.2, -0.15) is 0 Å². The molecule has 5 heteroatoms. The number of halogens is 1. The maximum atomic E-state index is 12.3. The molecule has 0 aliphatic carbocycles. The van der Waals surface area contributed by atoms with Gasteiger partial charge in [-0.25, -0.2) is 0 Å². The number of nitrogens with zero attached hydrogens (tertiary/aromatic N) is 1. The molecule has 1 rings (SSSR count). The average molecular weight is 330 g/mol. The maximum Gasteiger partial charge on any atom is 0.253 e. The third kappa shape index (κ3) is 3.86. The first-order valence-electron chi connectivity index (χ1n) is 6.07. The van der Waals surface area contributed by atoms with Gasteiger partial charge in [0.25, 0.3) is 5.91 Å². The van der Waals surface area contributed by atoms with E-state index in [1.54, 1.807) is 38.3 Å². The lowest BCUT2D eigenvalue weighted by molar-refractivity contribution is 0.0778. The molecule has 0 radical (unpaired) electrons. The van der Waals surface area contributed by atoms with Crippen LogP contribution < -0.4 is 9.47 Å². The summed E-state index contributed by atoms with van der Waals surface area (Å²) in [6.07, 6.45) is 0. The first-order valence-corrected chi connectivity index (χ1v) is 6.87. The highest BCUT2D eigenvalue weighted by Gasteiger charge is 2.17. The predicted octanol–water partition coefficient (Wildman–Crippen LogP) is 3.19. The molecule has 0 aromatic heterocycles. The lowest BCUT2D eigenvalue weighted by atomic mass is 10.1. The quantitative estimate of drug-likeness (QED) is 0.832. The van der Waals surface area contributed by atoms with Crippen molar-refractivity contribution in [1.29, 1.82) is 0 Å². The summed E-state index contributed by atoms with van der Waals surface area (Å²) in [6, 6.07) is 3.43. The van der Waals surface area contributed by atoms with E-state index in [4.69, 9.17) is 9.47 Å². The number of carbonyl (C=O) groups excluding carboxylic acids is 1. The molecule has 0 fully saturated rings. The Hall–Kier alpha value is -1.23. The molecule has 1 amide bonds. The minimum absolute atomic E-state index is 0.0437. The van der Waals surface area contributed by atoms with E-state index < -0.39 is 0 Å². The van der Waals surface area contributed by atoms with E-state index in [9.17, 15) is 4.79 Å². The van der Waals surface area contributed by atoms with Crippen LogP contribution in [0.5, 0.6) is 11.5 Å². The summed E-state index contributed by atoms with van der Waals surface area (Å²) in [5, 5.41) is 0. The van der Waals surface area contributed by atoms with Crippen LogP contribution in [-0.4, -0.2) is 38.6 Å². The van der Waals surface area contributed by atoms with E-state index in [0.717, 1.165) is 0 Å². The van der Waals surface area contributed by atoms with Gasteiger partial charge >= 0.3 is 0 Å². The minimum atomic E-state index is -0.0437. The average Bonchev–Trinajstić information content (AvgIpc) is 2.37. The van der Waals surface area contributed by atoms with Crippen LogP contribution in [-0.2, 0) is 0 Å². The standard InChI is InChI=1S/C14H20BrNO3/c1-9(2)8-16(3)14(17)10-6-11(18-4)13(15)12(7-10)19-5/h6-7,9H,8H2,1-5H3. The van der Waals surface area contributed by atoms with Gasteiger partial charge in [-0.15, -0.1) is 0 Å². The first kappa shape index (κ1) is 15.8. The van der Waals surface area contributed by atoms with Crippen molar-refractivity contribution in [2.75, 3.05) is 27.8 Å². The number of carbonyl (C=O) groups is 1. The van der Waals surface area contributed by atoms with Gasteiger partial charge in [0, 0.05) is 19.2 Å². The number of methoxy groups -OCH3 is 2. The molecule has 1 aromatic carbocycles. The maximum absolute atomic E-state index is 12.3. The summed E-state index contributed by atoms with van der Waals surface area (Å²) < 4.78 is 11.2. The fourth-order valence-electron chi connectivity index (χ4n) is 1.84. The molecule has 0 heterocycles. The largest absolute Gasteiger partial charge is 0.495 e. The summed E-state index contributed by atoms with van der Waals surface area (Å²) in [6.45, 7) is 4.86. The molecule has 0 aliphatic rings. The van der Waals surface area contributed by atoms with Crippen molar-refractivity contribution in [2.24, 2.45) is 5.92 Å². The number of hydrogen-bond donors (Lipinski definition) is 0. The number of amides is 1. The Morgan fingerprint density at radius 2 is 1.74 bits per heavy atom. The molecule has 1 aromatic rings. The highest BCUT2D eigenvalue weighted by Crippen LogP contribution is 2.35. The molecule has 0 bridgehead atoms. The minimum Gasteiger partial charge on any atom is -0.495 e. The third-order valence-corrected chi connectivity index (χ3v) is 3.46. The van der Waals surface area contributed by atoms with E-state index in [-0.39, 0.29) is 5.91 Å². The van der Waals surface area contributed by atoms with Gasteiger partial charge < -0.3 is 14.4 Å². The van der Waals surface area contributed by atoms with Gasteiger partial charge in [0.15, 0.2) is 0 Å². The van der Waals surface area contributed by atoms with Crippen molar-refractivity contribution in [2.45, 2.75) is 13.8 Å². The van der Waals surface area contributed by atoms with Gasteiger partial charge in [-0.3, -0.25) is 4.79 Å². The molecule has 0 spiro atoms. The normalized spacial score (nSPS) is 10.5. The predicted molar refractivity (Wildman–Crippen MR) is 79.0 cm³/mol. The van der Waals surface area contributed by atoms with Crippen molar-refractivity contribution >= 4 is 21.8 Å². The first-order chi connectivity index (χ1) is 8.90. The second-order valence-electron chi connectivity index (χ2n) is 4.77. The molecule has 0 atom stereocenters. The highest BCUT2D eigenvalue weighted by atomic mass is 79.9. The van der Waals surface area contributed by atoms with Gasteiger partial charge in [0.05, 0.1) is 14.2 Å². The van der Waals surface area contributed by atoms with E-state index in [0.29, 0.717) is 34.0 Å². The second kappa shape index (κ2) is 6.80. The van der Waals surface area contributed by atoms with Crippen molar-refractivity contribution in [1.82, 2.24) is 4.90 Å². The Labute approximate surface area is 122 Å². The molecule has 4 nitrogen and oxygen atoms in total. The Balaban J connectivity index is 3.09. The van der Waals surface area contributed by atoms with Crippen LogP contribution in [0.2, 0.25) is 0 Å². The highest BCUT2D eigenvalue weighted by molar-refractivity contribution is 9.10. The zero-order valence-corrected chi connectivity index (χ0v) is 13.6. The molecule has 0 saturated carbocycles. The number of hydrogen-bond acceptors (Lipinski definition) is 3. The summed E-state index contributed by atoms with van der Waals surface area (Å²) in [5.41, 5.74) is 0.556. The fourth-order valence-corrected chi connectivity index (χ4v) is 2.40. The monoisotopic (exact) mass is 329 g/mol. The molecule has 0 saturated heterocycles. The Morgan fingerprint density at radius 3 is 2.11 bits per heavy atom. The smallest absolute Gasteiger partial charge is 0.253 e. The van der Waals surface area contributed by atoms with Crippen molar-refractivity contribution < 1.29 is 14.3 Å². The van der Waals surface area contributed by atoms with E-state index in [1.807, 2.05) is 0 Å². The van der Waals surface area contributed by atoms with Gasteiger partial charge in [-0.1, -0.05) is 13.8 Å². The van der Waals surface area contributed by atoms with E-state index >= 15 is 0 Å². The lowest BCUT2D eigenvalue weighted by Crippen LogP contribution is -2.30. The van der Waals surface area contributed by atoms with Gasteiger partial charge in [0.2, 0.25) is 0 Å². The zero-order chi connectivity index (χ0) is 14.6. The molecular formula is C14H20BrNO3. The van der Waals surface area contributed by atoms with Crippen LogP contribution in [0.25, 0.3) is 0 Å². The molecule has 0 aliphatic heterocycles. The Morgan fingerprint density at radius 1 is 1.26 bits per heavy atom. The summed E-state index contributed by atoms with van der Waals surface area (Å²) in [5.74, 6) is 1.55. The van der Waals surface area contributed by atoms with Gasteiger partial charge in [0.1, 0.15) is 16.0 Å². The summed E-state index contributed by atoms with van der Waals surface area (Å²) in [4.78, 5) is 14.0. The molecule has 0 N–H and O–H groups in total. The number of ether oxygens (including phenoxy) is 2. The number of rotatable bonds is 5. The Bertz CT molecular complexity index is 435. The van der Waals surface area contributed by atoms with Crippen molar-refractivity contribution in [3.05, 3.63) is 22.2 Å². The van der Waals surface area contributed by atoms with Crippen LogP contribution in [0.1, 0.15) is 24.2 Å². The molecule has 106 valence electrons. The van der Waals surface area contributed by atoms with Gasteiger partial charge in [-0.05, 0) is 34.0 Å². The van der Waals surface area contributed by atoms with Crippen LogP contribution >= 0.6 is 15.9 Å². The van der Waals surface area contributed by atoms with E-state index in [1.165, 1.54) is 0 Å². The van der Waals surface area contributed by atoms with Crippen LogP contribution in [0.4, 0.5) is 0 Å². The third-order valence-electron chi connectivity index (χ3n) is 2.68. The fraction of sp³-hybridized carbons (Fsp3) is 0.500. The van der Waals surface area contributed by atoms with Crippen LogP contribution in [0, 0.1) is 5.92 Å². The second-order valence-corrected chi connectivity index (χ2v) is 5.57. The molecule has 19 heavy (non-hydrogen) atoms. The summed E-state index contributed by atoms with van der Waals surface area (Å²) in [7, 11) is 4.92. The SMILES string of the molecule is COc1cc(C(=O)N(C)CC(C)C)cc(OC)c1Br. The van der Waals surface area contributed by atoms with Crippen molar-refractivity contribution in [3.8, 4) is 11.5 Å². The number of benzene rings is 1. The topological polar surface area (TPSA) is 38.8 Å². The lowest BCUT2D eigenvalue weighted by Gasteiger charge is -2.20. The molecule has 0 unspecified atom stereocenters. The summed E-state index contributed by atoms with van der Waals surface area (Å²) >= 11 is 3.39. The van der Waals surface area contributed by atoms with Crippen molar-refractivity contribution in [3.63, 3.8) is 0 Å². The van der Waals surface area contributed by atoms with Crippen LogP contribution in [0.15, 0.2) is 16.6 Å². The zero-order valence-electron chi connectivity index (χ0n) is 12.0. The molecular weight excluding hydrogens is 310 g/mol. The van der Waals surface area contributed by atoms with Crippen LogP contribution in [0.3, 0.4) is 0 Å². The van der Waals surface area contributed by atoms with E-state index in [2.05, 4.69) is 29.8 Å².